The Morgan fingerprint density at radius 3 is 2.05 bits per heavy atom. The molecule has 0 bridgehead atoms. The summed E-state index contributed by atoms with van der Waals surface area (Å²) in [5.74, 6) is -1.34. The van der Waals surface area contributed by atoms with E-state index in [1.807, 2.05) is 4.90 Å². The summed E-state index contributed by atoms with van der Waals surface area (Å²) in [5, 5.41) is 0. The third-order valence-corrected chi connectivity index (χ3v) is 7.47. The van der Waals surface area contributed by atoms with E-state index in [-0.39, 0.29) is 29.8 Å². The Kier molecular flexibility index (Phi) is 7.76. The van der Waals surface area contributed by atoms with Gasteiger partial charge in [-0.2, -0.15) is 0 Å². The number of hydrogen-bond donors (Lipinski definition) is 0. The Morgan fingerprint density at radius 1 is 0.949 bits per heavy atom. The molecule has 7 nitrogen and oxygen atoms in total. The first-order chi connectivity index (χ1) is 18.8. The van der Waals surface area contributed by atoms with Crippen LogP contribution < -0.4 is 10.5 Å². The molecule has 0 amide bonds. The highest BCUT2D eigenvalue weighted by Crippen LogP contribution is 2.34. The van der Waals surface area contributed by atoms with Crippen molar-refractivity contribution in [3.05, 3.63) is 104 Å². The van der Waals surface area contributed by atoms with Gasteiger partial charge in [0.15, 0.2) is 5.56 Å². The zero-order valence-corrected chi connectivity index (χ0v) is 23.1. The van der Waals surface area contributed by atoms with Crippen molar-refractivity contribution >= 4 is 38.6 Å². The summed E-state index contributed by atoms with van der Waals surface area (Å²) in [7, 11) is 1.61. The number of aryl methyl sites for hydroxylation is 1. The van der Waals surface area contributed by atoms with Crippen molar-refractivity contribution in [1.82, 2.24) is 14.5 Å². The summed E-state index contributed by atoms with van der Waals surface area (Å²) in [6, 6.07) is 16.0. The minimum absolute atomic E-state index is 0.0421. The predicted octanol–water partition coefficient (Wildman–Crippen LogP) is 5.06. The van der Waals surface area contributed by atoms with Crippen LogP contribution in [0.3, 0.4) is 0 Å². The van der Waals surface area contributed by atoms with Crippen molar-refractivity contribution in [2.75, 3.05) is 37.7 Å². The van der Waals surface area contributed by atoms with Gasteiger partial charge >= 0.3 is 5.97 Å². The van der Waals surface area contributed by atoms with E-state index in [1.165, 1.54) is 28.8 Å². The van der Waals surface area contributed by atoms with E-state index < -0.39 is 11.5 Å². The molecule has 0 spiro atoms. The summed E-state index contributed by atoms with van der Waals surface area (Å²) in [6.07, 6.45) is 0. The maximum atomic E-state index is 13.7. The van der Waals surface area contributed by atoms with Crippen molar-refractivity contribution in [3.8, 4) is 0 Å². The molecule has 0 atom stereocenters. The first-order valence-corrected chi connectivity index (χ1v) is 13.4. The summed E-state index contributed by atoms with van der Waals surface area (Å²) in [4.78, 5) is 35.3. The molecular formula is C29H27BrF2N4O3. The van der Waals surface area contributed by atoms with Crippen LogP contribution in [0.1, 0.15) is 34.5 Å². The SMILES string of the molecule is CCOC(=O)c1c(N2CCN(C(c3ccc(F)cc3)c3ccc(F)cc3)CC2)c2nc(Br)ccc2n(C)c1=O. The van der Waals surface area contributed by atoms with Gasteiger partial charge in [0.2, 0.25) is 0 Å². The molecule has 0 N–H and O–H groups in total. The Morgan fingerprint density at radius 2 is 1.51 bits per heavy atom. The van der Waals surface area contributed by atoms with Crippen LogP contribution >= 0.6 is 15.9 Å². The van der Waals surface area contributed by atoms with Crippen molar-refractivity contribution in [1.29, 1.82) is 0 Å². The number of carbonyl (C=O) groups is 1. The van der Waals surface area contributed by atoms with E-state index in [9.17, 15) is 18.4 Å². The lowest BCUT2D eigenvalue weighted by Crippen LogP contribution is -2.49. The number of nitrogens with zero attached hydrogens (tertiary/aromatic N) is 4. The summed E-state index contributed by atoms with van der Waals surface area (Å²) >= 11 is 3.42. The largest absolute Gasteiger partial charge is 0.462 e. The lowest BCUT2D eigenvalue weighted by molar-refractivity contribution is 0.0524. The van der Waals surface area contributed by atoms with Crippen molar-refractivity contribution in [3.63, 3.8) is 0 Å². The lowest BCUT2D eigenvalue weighted by atomic mass is 9.96. The molecule has 0 aliphatic carbocycles. The molecule has 1 aliphatic heterocycles. The topological polar surface area (TPSA) is 67.7 Å². The molecule has 1 aliphatic rings. The fraction of sp³-hybridized carbons (Fsp3) is 0.276. The average molecular weight is 597 g/mol. The first kappa shape index (κ1) is 27.0. The minimum atomic E-state index is -0.685. The third kappa shape index (κ3) is 5.31. The van der Waals surface area contributed by atoms with Gasteiger partial charge in [0, 0.05) is 33.2 Å². The monoisotopic (exact) mass is 596 g/mol. The molecule has 0 radical (unpaired) electrons. The van der Waals surface area contributed by atoms with E-state index in [1.54, 1.807) is 50.4 Å². The third-order valence-electron chi connectivity index (χ3n) is 7.03. The van der Waals surface area contributed by atoms with Crippen LogP contribution in [0.4, 0.5) is 14.5 Å². The van der Waals surface area contributed by atoms with Gasteiger partial charge in [-0.05, 0) is 70.4 Å². The van der Waals surface area contributed by atoms with Gasteiger partial charge in [0.05, 0.1) is 23.9 Å². The Hall–Kier alpha value is -3.63. The fourth-order valence-electron chi connectivity index (χ4n) is 5.17. The van der Waals surface area contributed by atoms with Crippen LogP contribution in [0, 0.1) is 11.6 Å². The standard InChI is InChI=1S/C29H27BrF2N4O3/c1-3-39-29(38)24-27(25-22(34(2)28(24)37)12-13-23(30)33-25)36-16-14-35(15-17-36)26(18-4-8-20(31)9-5-18)19-6-10-21(32)11-7-19/h4-13,26H,3,14-17H2,1-2H3. The Labute approximate surface area is 232 Å². The van der Waals surface area contributed by atoms with Crippen molar-refractivity contribution < 1.29 is 18.3 Å². The zero-order chi connectivity index (χ0) is 27.7. The number of piperazine rings is 1. The number of fused-ring (bicyclic) bond motifs is 1. The summed E-state index contributed by atoms with van der Waals surface area (Å²) < 4.78 is 34.7. The Balaban J connectivity index is 1.54. The van der Waals surface area contributed by atoms with Gasteiger partial charge in [-0.25, -0.2) is 18.6 Å². The van der Waals surface area contributed by atoms with Crippen LogP contribution in [0.15, 0.2) is 70.1 Å². The van der Waals surface area contributed by atoms with Crippen molar-refractivity contribution in [2.24, 2.45) is 7.05 Å². The fourth-order valence-corrected chi connectivity index (χ4v) is 5.48. The number of esters is 1. The minimum Gasteiger partial charge on any atom is -0.462 e. The molecule has 4 aromatic rings. The molecule has 1 fully saturated rings. The number of aromatic nitrogens is 2. The van der Waals surface area contributed by atoms with E-state index in [2.05, 4.69) is 25.8 Å². The van der Waals surface area contributed by atoms with Crippen LogP contribution in [-0.2, 0) is 11.8 Å². The number of carbonyl (C=O) groups excluding carboxylic acids is 1. The number of hydrogen-bond acceptors (Lipinski definition) is 6. The molecule has 5 rings (SSSR count). The second kappa shape index (κ2) is 11.2. The number of ether oxygens (including phenoxy) is 1. The zero-order valence-electron chi connectivity index (χ0n) is 21.5. The van der Waals surface area contributed by atoms with E-state index >= 15 is 0 Å². The molecule has 39 heavy (non-hydrogen) atoms. The maximum Gasteiger partial charge on any atom is 0.346 e. The van der Waals surface area contributed by atoms with Gasteiger partial charge < -0.3 is 14.2 Å². The van der Waals surface area contributed by atoms with Gasteiger partial charge in [0.25, 0.3) is 5.56 Å². The predicted molar refractivity (Wildman–Crippen MR) is 149 cm³/mol. The van der Waals surface area contributed by atoms with Crippen LogP contribution in [0.2, 0.25) is 0 Å². The van der Waals surface area contributed by atoms with Gasteiger partial charge in [-0.15, -0.1) is 0 Å². The molecule has 3 heterocycles. The molecule has 0 saturated carbocycles. The average Bonchev–Trinajstić information content (AvgIpc) is 2.93. The van der Waals surface area contributed by atoms with Crippen LogP contribution in [-0.4, -0.2) is 53.2 Å². The Bertz CT molecular complexity index is 1520. The van der Waals surface area contributed by atoms with Gasteiger partial charge in [-0.3, -0.25) is 9.69 Å². The van der Waals surface area contributed by atoms with E-state index in [0.717, 1.165) is 11.1 Å². The molecule has 2 aromatic heterocycles. The first-order valence-electron chi connectivity index (χ1n) is 12.6. The second-order valence-corrected chi connectivity index (χ2v) is 10.2. The molecule has 1 saturated heterocycles. The smallest absolute Gasteiger partial charge is 0.346 e. The molecule has 202 valence electrons. The number of rotatable bonds is 6. The van der Waals surface area contributed by atoms with Crippen molar-refractivity contribution in [2.45, 2.75) is 13.0 Å². The van der Waals surface area contributed by atoms with Crippen LogP contribution in [0.5, 0.6) is 0 Å². The molecule has 10 heteroatoms. The second-order valence-electron chi connectivity index (χ2n) is 9.34. The van der Waals surface area contributed by atoms with Gasteiger partial charge in [0.1, 0.15) is 21.8 Å². The quantitative estimate of drug-likeness (QED) is 0.229. The molecule has 2 aromatic carbocycles. The van der Waals surface area contributed by atoms with E-state index in [0.29, 0.717) is 47.5 Å². The maximum absolute atomic E-state index is 13.7. The number of anilines is 1. The van der Waals surface area contributed by atoms with Gasteiger partial charge in [-0.1, -0.05) is 24.3 Å². The summed E-state index contributed by atoms with van der Waals surface area (Å²) in [6.45, 7) is 3.93. The van der Waals surface area contributed by atoms with E-state index in [4.69, 9.17) is 4.74 Å². The highest BCUT2D eigenvalue weighted by atomic mass is 79.9. The summed E-state index contributed by atoms with van der Waals surface area (Å²) in [5.41, 5.74) is 2.85. The molecular weight excluding hydrogens is 570 g/mol. The lowest BCUT2D eigenvalue weighted by Gasteiger charge is -2.41. The highest BCUT2D eigenvalue weighted by molar-refractivity contribution is 9.10. The number of halogens is 3. The highest BCUT2D eigenvalue weighted by Gasteiger charge is 2.32. The van der Waals surface area contributed by atoms with Crippen LogP contribution in [0.25, 0.3) is 11.0 Å². The molecule has 0 unspecified atom stereocenters. The number of pyridine rings is 2. The number of benzene rings is 2. The normalized spacial score (nSPS) is 14.3.